The zero-order valence-electron chi connectivity index (χ0n) is 17.1. The van der Waals surface area contributed by atoms with Crippen LogP contribution in [0.15, 0.2) is 29.3 Å². The SMILES string of the molecule is COc1cccc2c(C)cc(SCCC(=O)Nc3sc4c(c3C#N)CCCC4)nc12. The van der Waals surface area contributed by atoms with Gasteiger partial charge in [0.15, 0.2) is 0 Å². The Morgan fingerprint density at radius 1 is 1.37 bits per heavy atom. The Kier molecular flexibility index (Phi) is 6.26. The molecule has 0 saturated heterocycles. The zero-order chi connectivity index (χ0) is 21.1. The zero-order valence-corrected chi connectivity index (χ0v) is 18.7. The number of fused-ring (bicyclic) bond motifs is 2. The number of nitriles is 1. The number of hydrogen-bond acceptors (Lipinski definition) is 6. The van der Waals surface area contributed by atoms with Crippen LogP contribution in [0.2, 0.25) is 0 Å². The normalized spacial score (nSPS) is 13.0. The molecule has 1 aromatic carbocycles. The molecule has 0 saturated carbocycles. The van der Waals surface area contributed by atoms with Crippen molar-refractivity contribution in [2.75, 3.05) is 18.2 Å². The Balaban J connectivity index is 1.41. The molecule has 4 rings (SSSR count). The molecule has 30 heavy (non-hydrogen) atoms. The van der Waals surface area contributed by atoms with Crippen LogP contribution in [-0.4, -0.2) is 23.8 Å². The van der Waals surface area contributed by atoms with Crippen LogP contribution in [0.25, 0.3) is 10.9 Å². The minimum Gasteiger partial charge on any atom is -0.494 e. The Hall–Kier alpha value is -2.56. The van der Waals surface area contributed by atoms with Gasteiger partial charge in [0.05, 0.1) is 17.7 Å². The average Bonchev–Trinajstić information content (AvgIpc) is 3.10. The van der Waals surface area contributed by atoms with Crippen molar-refractivity contribution in [2.45, 2.75) is 44.1 Å². The summed E-state index contributed by atoms with van der Waals surface area (Å²) in [6, 6.07) is 10.2. The van der Waals surface area contributed by atoms with E-state index in [2.05, 4.69) is 18.3 Å². The second kappa shape index (κ2) is 9.07. The maximum Gasteiger partial charge on any atom is 0.225 e. The van der Waals surface area contributed by atoms with Gasteiger partial charge >= 0.3 is 0 Å². The smallest absolute Gasteiger partial charge is 0.225 e. The van der Waals surface area contributed by atoms with E-state index < -0.39 is 0 Å². The van der Waals surface area contributed by atoms with Gasteiger partial charge in [-0.1, -0.05) is 12.1 Å². The maximum atomic E-state index is 12.5. The first kappa shape index (κ1) is 20.7. The second-order valence-corrected chi connectivity index (χ2v) is 9.53. The highest BCUT2D eigenvalue weighted by Crippen LogP contribution is 2.37. The van der Waals surface area contributed by atoms with Gasteiger partial charge in [-0.05, 0) is 55.9 Å². The number of carbonyl (C=O) groups is 1. The molecule has 2 aromatic heterocycles. The number of pyridine rings is 1. The first-order valence-electron chi connectivity index (χ1n) is 10.0. The molecule has 154 valence electrons. The van der Waals surface area contributed by atoms with E-state index in [9.17, 15) is 10.1 Å². The molecule has 1 aliphatic carbocycles. The number of rotatable bonds is 6. The van der Waals surface area contributed by atoms with E-state index in [-0.39, 0.29) is 5.91 Å². The maximum absolute atomic E-state index is 12.5. The number of hydrogen-bond donors (Lipinski definition) is 1. The third-order valence-electron chi connectivity index (χ3n) is 5.32. The predicted octanol–water partition coefficient (Wildman–Crippen LogP) is 5.48. The van der Waals surface area contributed by atoms with Gasteiger partial charge in [-0.25, -0.2) is 4.98 Å². The third-order valence-corrected chi connectivity index (χ3v) is 7.44. The van der Waals surface area contributed by atoms with E-state index in [4.69, 9.17) is 9.72 Å². The molecule has 1 aliphatic rings. The molecule has 1 amide bonds. The van der Waals surface area contributed by atoms with Crippen molar-refractivity contribution in [2.24, 2.45) is 0 Å². The van der Waals surface area contributed by atoms with E-state index in [0.29, 0.717) is 22.7 Å². The summed E-state index contributed by atoms with van der Waals surface area (Å²) in [6.45, 7) is 2.06. The molecule has 0 bridgehead atoms. The number of ether oxygens (including phenoxy) is 1. The van der Waals surface area contributed by atoms with Crippen LogP contribution in [0.1, 0.15) is 40.8 Å². The molecule has 7 heteroatoms. The van der Waals surface area contributed by atoms with Crippen LogP contribution in [0.5, 0.6) is 5.75 Å². The number of methoxy groups -OCH3 is 1. The number of benzene rings is 1. The van der Waals surface area contributed by atoms with Gasteiger partial charge in [0, 0.05) is 22.4 Å². The molecule has 0 aliphatic heterocycles. The molecule has 2 heterocycles. The van der Waals surface area contributed by atoms with Crippen LogP contribution in [0.4, 0.5) is 5.00 Å². The van der Waals surface area contributed by atoms with E-state index in [1.807, 2.05) is 24.3 Å². The number of nitrogens with zero attached hydrogens (tertiary/aromatic N) is 2. The van der Waals surface area contributed by atoms with Gasteiger partial charge in [0.25, 0.3) is 0 Å². The molecule has 0 unspecified atom stereocenters. The Morgan fingerprint density at radius 3 is 3.00 bits per heavy atom. The summed E-state index contributed by atoms with van der Waals surface area (Å²) in [4.78, 5) is 18.5. The number of aryl methyl sites for hydroxylation is 2. The van der Waals surface area contributed by atoms with Gasteiger partial charge in [-0.15, -0.1) is 23.1 Å². The molecule has 0 radical (unpaired) electrons. The number of anilines is 1. The minimum atomic E-state index is -0.0623. The lowest BCUT2D eigenvalue weighted by molar-refractivity contribution is -0.115. The Morgan fingerprint density at radius 2 is 2.20 bits per heavy atom. The number of para-hydroxylation sites is 1. The molecule has 0 atom stereocenters. The lowest BCUT2D eigenvalue weighted by atomic mass is 9.96. The van der Waals surface area contributed by atoms with E-state index in [1.165, 1.54) is 4.88 Å². The van der Waals surface area contributed by atoms with Crippen LogP contribution in [0, 0.1) is 18.3 Å². The van der Waals surface area contributed by atoms with Crippen molar-refractivity contribution in [3.05, 3.63) is 45.8 Å². The number of aromatic nitrogens is 1. The van der Waals surface area contributed by atoms with Crippen molar-refractivity contribution < 1.29 is 9.53 Å². The molecule has 0 spiro atoms. The number of thioether (sulfide) groups is 1. The largest absolute Gasteiger partial charge is 0.494 e. The molecular weight excluding hydrogens is 414 g/mol. The molecule has 1 N–H and O–H groups in total. The first-order valence-corrected chi connectivity index (χ1v) is 11.8. The predicted molar refractivity (Wildman–Crippen MR) is 123 cm³/mol. The number of nitrogens with one attached hydrogen (secondary N) is 1. The third kappa shape index (κ3) is 4.16. The highest BCUT2D eigenvalue weighted by molar-refractivity contribution is 7.99. The fourth-order valence-corrected chi connectivity index (χ4v) is 5.98. The Labute approximate surface area is 184 Å². The van der Waals surface area contributed by atoms with Gasteiger partial charge < -0.3 is 10.1 Å². The standard InChI is InChI=1S/C23H23N3O2S2/c1-14-12-21(26-22-15(14)7-5-8-18(22)28-2)29-11-10-20(27)25-23-17(13-24)16-6-3-4-9-19(16)30-23/h5,7-8,12H,3-4,6,9-11H2,1-2H3,(H,25,27). The summed E-state index contributed by atoms with van der Waals surface area (Å²) in [5, 5.41) is 15.2. The summed E-state index contributed by atoms with van der Waals surface area (Å²) in [5.74, 6) is 1.31. The van der Waals surface area contributed by atoms with Crippen LogP contribution in [-0.2, 0) is 17.6 Å². The van der Waals surface area contributed by atoms with Crippen molar-refractivity contribution >= 4 is 44.9 Å². The summed E-state index contributed by atoms with van der Waals surface area (Å²) < 4.78 is 5.44. The van der Waals surface area contributed by atoms with Crippen molar-refractivity contribution in [3.63, 3.8) is 0 Å². The number of carbonyl (C=O) groups excluding carboxylic acids is 1. The van der Waals surface area contributed by atoms with Gasteiger partial charge in [0.1, 0.15) is 22.3 Å². The Bertz CT molecular complexity index is 1150. The van der Waals surface area contributed by atoms with Crippen molar-refractivity contribution in [1.82, 2.24) is 4.98 Å². The average molecular weight is 438 g/mol. The lowest BCUT2D eigenvalue weighted by Gasteiger charge is -2.10. The van der Waals surface area contributed by atoms with E-state index in [1.54, 1.807) is 30.2 Å². The molecule has 5 nitrogen and oxygen atoms in total. The van der Waals surface area contributed by atoms with E-state index >= 15 is 0 Å². The molecular formula is C23H23N3O2S2. The fourth-order valence-electron chi connectivity index (χ4n) is 3.81. The summed E-state index contributed by atoms with van der Waals surface area (Å²) in [5.41, 5.74) is 3.78. The molecule has 0 fully saturated rings. The molecule has 3 aromatic rings. The number of thiophene rings is 1. The summed E-state index contributed by atoms with van der Waals surface area (Å²) in [6.07, 6.45) is 4.59. The highest BCUT2D eigenvalue weighted by Gasteiger charge is 2.21. The van der Waals surface area contributed by atoms with Gasteiger partial charge in [-0.2, -0.15) is 5.26 Å². The topological polar surface area (TPSA) is 75.0 Å². The lowest BCUT2D eigenvalue weighted by Crippen LogP contribution is -2.12. The van der Waals surface area contributed by atoms with Crippen LogP contribution >= 0.6 is 23.1 Å². The van der Waals surface area contributed by atoms with Gasteiger partial charge in [-0.3, -0.25) is 4.79 Å². The minimum absolute atomic E-state index is 0.0623. The van der Waals surface area contributed by atoms with Crippen molar-refractivity contribution in [1.29, 1.82) is 5.26 Å². The van der Waals surface area contributed by atoms with Crippen LogP contribution < -0.4 is 10.1 Å². The highest BCUT2D eigenvalue weighted by atomic mass is 32.2. The second-order valence-electron chi connectivity index (χ2n) is 7.31. The first-order chi connectivity index (χ1) is 14.6. The van der Waals surface area contributed by atoms with Crippen LogP contribution in [0.3, 0.4) is 0 Å². The quantitative estimate of drug-likeness (QED) is 0.517. The summed E-state index contributed by atoms with van der Waals surface area (Å²) >= 11 is 3.12. The fraction of sp³-hybridized carbons (Fsp3) is 0.348. The van der Waals surface area contributed by atoms with E-state index in [0.717, 1.165) is 58.5 Å². The monoisotopic (exact) mass is 437 g/mol. The summed E-state index contributed by atoms with van der Waals surface area (Å²) in [7, 11) is 1.65. The van der Waals surface area contributed by atoms with Crippen molar-refractivity contribution in [3.8, 4) is 11.8 Å². The van der Waals surface area contributed by atoms with Gasteiger partial charge in [0.2, 0.25) is 5.91 Å². The number of amides is 1.